The van der Waals surface area contributed by atoms with E-state index in [9.17, 15) is 0 Å². The lowest BCUT2D eigenvalue weighted by Gasteiger charge is -2.47. The average molecular weight is 231 g/mol. The SMILES string of the molecule is C[C@H]1CCCN(C(C)(C)C)[C@H]1c1ccccc1. The predicted octanol–water partition coefficient (Wildman–Crippen LogP) is 4.26. The number of benzene rings is 1. The van der Waals surface area contributed by atoms with Gasteiger partial charge in [-0.25, -0.2) is 0 Å². The summed E-state index contributed by atoms with van der Waals surface area (Å²) in [4.78, 5) is 2.68. The molecule has 1 heteroatoms. The van der Waals surface area contributed by atoms with Gasteiger partial charge in [-0.1, -0.05) is 37.3 Å². The van der Waals surface area contributed by atoms with Crippen LogP contribution in [0.2, 0.25) is 0 Å². The lowest BCUT2D eigenvalue weighted by atomic mass is 9.83. The molecular formula is C16H25N. The normalized spacial score (nSPS) is 27.1. The minimum absolute atomic E-state index is 0.259. The largest absolute Gasteiger partial charge is 0.291 e. The van der Waals surface area contributed by atoms with Crippen LogP contribution in [-0.4, -0.2) is 17.0 Å². The Morgan fingerprint density at radius 3 is 2.35 bits per heavy atom. The van der Waals surface area contributed by atoms with Gasteiger partial charge in [-0.2, -0.15) is 0 Å². The van der Waals surface area contributed by atoms with Gasteiger partial charge in [0.25, 0.3) is 0 Å². The summed E-state index contributed by atoms with van der Waals surface area (Å²) in [7, 11) is 0. The van der Waals surface area contributed by atoms with Crippen LogP contribution in [0.5, 0.6) is 0 Å². The molecule has 0 radical (unpaired) electrons. The lowest BCUT2D eigenvalue weighted by molar-refractivity contribution is 0.0197. The topological polar surface area (TPSA) is 3.24 Å². The van der Waals surface area contributed by atoms with Crippen LogP contribution >= 0.6 is 0 Å². The Kier molecular flexibility index (Phi) is 3.58. The van der Waals surface area contributed by atoms with Gasteiger partial charge in [-0.15, -0.1) is 0 Å². The van der Waals surface area contributed by atoms with Crippen molar-refractivity contribution < 1.29 is 0 Å². The first-order valence-corrected chi connectivity index (χ1v) is 6.82. The Morgan fingerprint density at radius 2 is 1.76 bits per heavy atom. The van der Waals surface area contributed by atoms with E-state index in [1.807, 2.05) is 0 Å². The lowest BCUT2D eigenvalue weighted by Crippen LogP contribution is -2.48. The quantitative estimate of drug-likeness (QED) is 0.698. The van der Waals surface area contributed by atoms with Crippen LogP contribution in [0.4, 0.5) is 0 Å². The van der Waals surface area contributed by atoms with Crippen molar-refractivity contribution in [3.05, 3.63) is 35.9 Å². The van der Waals surface area contributed by atoms with Gasteiger partial charge in [0, 0.05) is 11.6 Å². The smallest absolute Gasteiger partial charge is 0.0378 e. The molecule has 1 nitrogen and oxygen atoms in total. The first-order valence-electron chi connectivity index (χ1n) is 6.82. The number of nitrogens with zero attached hydrogens (tertiary/aromatic N) is 1. The van der Waals surface area contributed by atoms with E-state index in [2.05, 4.69) is 62.9 Å². The molecule has 0 bridgehead atoms. The molecule has 0 spiro atoms. The van der Waals surface area contributed by atoms with Gasteiger partial charge in [0.1, 0.15) is 0 Å². The molecule has 1 fully saturated rings. The number of likely N-dealkylation sites (tertiary alicyclic amines) is 1. The summed E-state index contributed by atoms with van der Waals surface area (Å²) in [6.45, 7) is 10.6. The van der Waals surface area contributed by atoms with E-state index in [0.717, 1.165) is 5.92 Å². The monoisotopic (exact) mass is 231 g/mol. The Hall–Kier alpha value is -0.820. The molecule has 17 heavy (non-hydrogen) atoms. The minimum atomic E-state index is 0.259. The van der Waals surface area contributed by atoms with Crippen molar-refractivity contribution in [2.45, 2.75) is 52.1 Å². The zero-order chi connectivity index (χ0) is 12.5. The predicted molar refractivity (Wildman–Crippen MR) is 74.0 cm³/mol. The van der Waals surface area contributed by atoms with Crippen LogP contribution in [0.15, 0.2) is 30.3 Å². The highest BCUT2D eigenvalue weighted by atomic mass is 15.2. The van der Waals surface area contributed by atoms with Gasteiger partial charge in [0.05, 0.1) is 0 Å². The Balaban J connectivity index is 2.32. The molecule has 1 aliphatic heterocycles. The number of piperidine rings is 1. The van der Waals surface area contributed by atoms with Crippen molar-refractivity contribution >= 4 is 0 Å². The molecule has 0 saturated carbocycles. The molecule has 1 saturated heterocycles. The van der Waals surface area contributed by atoms with Crippen LogP contribution < -0.4 is 0 Å². The number of rotatable bonds is 1. The second kappa shape index (κ2) is 4.81. The standard InChI is InChI=1S/C16H25N/c1-13-9-8-12-17(16(2,3)4)15(13)14-10-6-5-7-11-14/h5-7,10-11,13,15H,8-9,12H2,1-4H3/t13-,15+/m0/s1. The molecule has 94 valence electrons. The molecule has 0 aromatic heterocycles. The minimum Gasteiger partial charge on any atom is -0.291 e. The summed E-state index contributed by atoms with van der Waals surface area (Å²) in [5, 5.41) is 0. The van der Waals surface area contributed by atoms with Crippen molar-refractivity contribution in [3.63, 3.8) is 0 Å². The molecule has 0 aliphatic carbocycles. The summed E-state index contributed by atoms with van der Waals surface area (Å²) >= 11 is 0. The van der Waals surface area contributed by atoms with Crippen molar-refractivity contribution in [2.75, 3.05) is 6.54 Å². The Morgan fingerprint density at radius 1 is 1.12 bits per heavy atom. The maximum atomic E-state index is 2.68. The van der Waals surface area contributed by atoms with Crippen molar-refractivity contribution in [1.29, 1.82) is 0 Å². The maximum absolute atomic E-state index is 2.68. The van der Waals surface area contributed by atoms with Gasteiger partial charge in [0.2, 0.25) is 0 Å². The van der Waals surface area contributed by atoms with Gasteiger partial charge in [-0.05, 0) is 51.6 Å². The fourth-order valence-corrected chi connectivity index (χ4v) is 3.10. The zero-order valence-electron chi connectivity index (χ0n) is 11.6. The first-order chi connectivity index (χ1) is 8.00. The molecule has 2 rings (SSSR count). The first kappa shape index (κ1) is 12.6. The van der Waals surface area contributed by atoms with Crippen molar-refractivity contribution in [1.82, 2.24) is 4.90 Å². The summed E-state index contributed by atoms with van der Waals surface area (Å²) < 4.78 is 0. The van der Waals surface area contributed by atoms with E-state index >= 15 is 0 Å². The van der Waals surface area contributed by atoms with Crippen LogP contribution in [0.1, 0.15) is 52.1 Å². The van der Waals surface area contributed by atoms with E-state index in [1.165, 1.54) is 24.9 Å². The molecule has 1 aliphatic rings. The van der Waals surface area contributed by atoms with Gasteiger partial charge >= 0.3 is 0 Å². The van der Waals surface area contributed by atoms with E-state index in [0.29, 0.717) is 6.04 Å². The molecule has 0 amide bonds. The van der Waals surface area contributed by atoms with Crippen molar-refractivity contribution in [3.8, 4) is 0 Å². The Labute approximate surface area is 106 Å². The highest BCUT2D eigenvalue weighted by Crippen LogP contribution is 2.39. The van der Waals surface area contributed by atoms with E-state index in [4.69, 9.17) is 0 Å². The molecule has 1 aromatic carbocycles. The van der Waals surface area contributed by atoms with E-state index in [1.54, 1.807) is 0 Å². The molecular weight excluding hydrogens is 206 g/mol. The van der Waals surface area contributed by atoms with Gasteiger partial charge in [0.15, 0.2) is 0 Å². The van der Waals surface area contributed by atoms with Crippen LogP contribution in [0, 0.1) is 5.92 Å². The summed E-state index contributed by atoms with van der Waals surface area (Å²) in [6.07, 6.45) is 2.69. The third-order valence-corrected chi connectivity index (χ3v) is 3.94. The van der Waals surface area contributed by atoms with E-state index < -0.39 is 0 Å². The molecule has 0 N–H and O–H groups in total. The third-order valence-electron chi connectivity index (χ3n) is 3.94. The Bertz CT molecular complexity index is 350. The van der Waals surface area contributed by atoms with Gasteiger partial charge < -0.3 is 0 Å². The average Bonchev–Trinajstić information content (AvgIpc) is 2.28. The maximum Gasteiger partial charge on any atom is 0.0378 e. The number of hydrogen-bond acceptors (Lipinski definition) is 1. The molecule has 0 unspecified atom stereocenters. The van der Waals surface area contributed by atoms with Gasteiger partial charge in [-0.3, -0.25) is 4.90 Å². The zero-order valence-corrected chi connectivity index (χ0v) is 11.6. The van der Waals surface area contributed by atoms with Crippen LogP contribution in [0.3, 0.4) is 0 Å². The molecule has 1 heterocycles. The highest BCUT2D eigenvalue weighted by Gasteiger charge is 2.35. The number of hydrogen-bond donors (Lipinski definition) is 0. The third kappa shape index (κ3) is 2.71. The van der Waals surface area contributed by atoms with Crippen molar-refractivity contribution in [2.24, 2.45) is 5.92 Å². The molecule has 2 atom stereocenters. The summed E-state index contributed by atoms with van der Waals surface area (Å²) in [5.74, 6) is 0.755. The van der Waals surface area contributed by atoms with Crippen LogP contribution in [-0.2, 0) is 0 Å². The second-order valence-electron chi connectivity index (χ2n) is 6.34. The second-order valence-corrected chi connectivity index (χ2v) is 6.34. The van der Waals surface area contributed by atoms with Crippen LogP contribution in [0.25, 0.3) is 0 Å². The van der Waals surface area contributed by atoms with E-state index in [-0.39, 0.29) is 5.54 Å². The fraction of sp³-hybridized carbons (Fsp3) is 0.625. The fourth-order valence-electron chi connectivity index (χ4n) is 3.10. The summed E-state index contributed by atoms with van der Waals surface area (Å²) in [5.41, 5.74) is 1.74. The highest BCUT2D eigenvalue weighted by molar-refractivity contribution is 5.21. The molecule has 1 aromatic rings. The summed E-state index contributed by atoms with van der Waals surface area (Å²) in [6, 6.07) is 11.6.